The van der Waals surface area contributed by atoms with E-state index in [4.69, 9.17) is 4.98 Å². The largest absolute Gasteiger partial charge is 0.282 e. The number of amides is 1. The quantitative estimate of drug-likeness (QED) is 0.347. The van der Waals surface area contributed by atoms with E-state index in [1.165, 1.54) is 21.2 Å². The summed E-state index contributed by atoms with van der Waals surface area (Å²) in [6.07, 6.45) is 3.88. The van der Waals surface area contributed by atoms with Gasteiger partial charge in [0.25, 0.3) is 0 Å². The molecule has 0 saturated carbocycles. The van der Waals surface area contributed by atoms with Gasteiger partial charge in [0.05, 0.1) is 33.3 Å². The topological polar surface area (TPSA) is 83.5 Å². The van der Waals surface area contributed by atoms with Gasteiger partial charge in [-0.25, -0.2) is 13.4 Å². The highest BCUT2D eigenvalue weighted by Crippen LogP contribution is 2.33. The highest BCUT2D eigenvalue weighted by molar-refractivity contribution is 7.89. The maximum Gasteiger partial charge on any atom is 0.243 e. The SMILES string of the molecule is CCc1ccc2nc(N(Cc3ccccn3)C(=O)C3CCCN(S(=O)(=O)c4ccccc4)C3)sc2c1. The second kappa shape index (κ2) is 10.5. The Hall–Kier alpha value is -3.14. The fraction of sp³-hybridized carbons (Fsp3) is 0.296. The lowest BCUT2D eigenvalue weighted by molar-refractivity contribution is -0.123. The first-order valence-corrected chi connectivity index (χ1v) is 14.4. The molecule has 4 aromatic rings. The molecule has 7 nitrogen and oxygen atoms in total. The molecule has 1 aliphatic heterocycles. The number of carbonyl (C=O) groups is 1. The van der Waals surface area contributed by atoms with Crippen molar-refractivity contribution in [3.8, 4) is 0 Å². The van der Waals surface area contributed by atoms with Crippen LogP contribution in [-0.2, 0) is 27.8 Å². The van der Waals surface area contributed by atoms with Crippen molar-refractivity contribution in [3.63, 3.8) is 0 Å². The van der Waals surface area contributed by atoms with E-state index >= 15 is 0 Å². The standard InChI is InChI=1S/C27H28N4O3S2/c1-2-20-13-14-24-25(17-20)35-27(29-24)31(19-22-10-6-7-15-28-22)26(32)21-9-8-16-30(18-21)36(33,34)23-11-4-3-5-12-23/h3-7,10-15,17,21H,2,8-9,16,18-19H2,1H3. The van der Waals surface area contributed by atoms with E-state index in [2.05, 4.69) is 24.0 Å². The highest BCUT2D eigenvalue weighted by Gasteiger charge is 2.36. The fourth-order valence-corrected chi connectivity index (χ4v) is 7.09. The Morgan fingerprint density at radius 2 is 1.92 bits per heavy atom. The molecule has 0 spiro atoms. The van der Waals surface area contributed by atoms with Crippen LogP contribution < -0.4 is 4.90 Å². The van der Waals surface area contributed by atoms with Gasteiger partial charge in [0, 0.05) is 19.3 Å². The molecule has 186 valence electrons. The van der Waals surface area contributed by atoms with Gasteiger partial charge in [-0.1, -0.05) is 48.6 Å². The van der Waals surface area contributed by atoms with Gasteiger partial charge in [0.15, 0.2) is 5.13 Å². The van der Waals surface area contributed by atoms with Crippen molar-refractivity contribution in [2.75, 3.05) is 18.0 Å². The molecule has 36 heavy (non-hydrogen) atoms. The van der Waals surface area contributed by atoms with Crippen LogP contribution >= 0.6 is 11.3 Å². The van der Waals surface area contributed by atoms with Gasteiger partial charge in [0.2, 0.25) is 15.9 Å². The maximum absolute atomic E-state index is 14.0. The zero-order valence-corrected chi connectivity index (χ0v) is 21.7. The Morgan fingerprint density at radius 3 is 2.67 bits per heavy atom. The average molecular weight is 521 g/mol. The number of nitrogens with zero attached hydrogens (tertiary/aromatic N) is 4. The number of hydrogen-bond donors (Lipinski definition) is 0. The van der Waals surface area contributed by atoms with Crippen LogP contribution in [-0.4, -0.2) is 41.7 Å². The zero-order chi connectivity index (χ0) is 25.1. The number of rotatable bonds is 7. The number of carbonyl (C=O) groups excluding carboxylic acids is 1. The van der Waals surface area contributed by atoms with Gasteiger partial charge in [-0.2, -0.15) is 4.31 Å². The fourth-order valence-electron chi connectivity index (χ4n) is 4.51. The predicted molar refractivity (Wildman–Crippen MR) is 142 cm³/mol. The molecular formula is C27H28N4O3S2. The second-order valence-electron chi connectivity index (χ2n) is 8.91. The third kappa shape index (κ3) is 5.04. The zero-order valence-electron chi connectivity index (χ0n) is 20.1. The van der Waals surface area contributed by atoms with Crippen LogP contribution in [0.3, 0.4) is 0 Å². The minimum atomic E-state index is -3.67. The van der Waals surface area contributed by atoms with Crippen molar-refractivity contribution in [2.24, 2.45) is 5.92 Å². The van der Waals surface area contributed by atoms with Crippen molar-refractivity contribution in [3.05, 3.63) is 84.2 Å². The third-order valence-electron chi connectivity index (χ3n) is 6.51. The molecule has 2 aromatic carbocycles. The van der Waals surface area contributed by atoms with Crippen molar-refractivity contribution < 1.29 is 13.2 Å². The molecule has 1 fully saturated rings. The van der Waals surface area contributed by atoms with Crippen molar-refractivity contribution in [1.82, 2.24) is 14.3 Å². The van der Waals surface area contributed by atoms with Crippen LogP contribution in [0, 0.1) is 5.92 Å². The van der Waals surface area contributed by atoms with E-state index in [0.29, 0.717) is 24.5 Å². The summed E-state index contributed by atoms with van der Waals surface area (Å²) in [6.45, 7) is 2.95. The van der Waals surface area contributed by atoms with Gasteiger partial charge in [-0.05, 0) is 61.2 Å². The van der Waals surface area contributed by atoms with E-state index < -0.39 is 15.9 Å². The molecular weight excluding hydrogens is 492 g/mol. The summed E-state index contributed by atoms with van der Waals surface area (Å²) in [5, 5.41) is 0.608. The lowest BCUT2D eigenvalue weighted by Crippen LogP contribution is -2.46. The summed E-state index contributed by atoms with van der Waals surface area (Å²) in [4.78, 5) is 25.1. The number of aryl methyl sites for hydroxylation is 1. The summed E-state index contributed by atoms with van der Waals surface area (Å²) in [5.74, 6) is -0.581. The lowest BCUT2D eigenvalue weighted by atomic mass is 9.98. The van der Waals surface area contributed by atoms with Gasteiger partial charge < -0.3 is 0 Å². The number of sulfonamides is 1. The number of piperidine rings is 1. The number of benzene rings is 2. The molecule has 5 rings (SSSR count). The smallest absolute Gasteiger partial charge is 0.243 e. The van der Waals surface area contributed by atoms with E-state index in [-0.39, 0.29) is 23.9 Å². The van der Waals surface area contributed by atoms with Crippen LogP contribution in [0.5, 0.6) is 0 Å². The Labute approximate surface area is 215 Å². The molecule has 0 radical (unpaired) electrons. The lowest BCUT2D eigenvalue weighted by Gasteiger charge is -2.33. The molecule has 0 bridgehead atoms. The van der Waals surface area contributed by atoms with E-state index in [1.807, 2.05) is 24.3 Å². The van der Waals surface area contributed by atoms with Crippen LogP contribution in [0.1, 0.15) is 31.0 Å². The predicted octanol–water partition coefficient (Wildman–Crippen LogP) is 4.89. The van der Waals surface area contributed by atoms with Crippen LogP contribution in [0.2, 0.25) is 0 Å². The van der Waals surface area contributed by atoms with Crippen LogP contribution in [0.4, 0.5) is 5.13 Å². The van der Waals surface area contributed by atoms with Crippen molar-refractivity contribution >= 4 is 42.6 Å². The summed E-state index contributed by atoms with van der Waals surface area (Å²) in [6, 6.07) is 20.2. The number of fused-ring (bicyclic) bond motifs is 1. The third-order valence-corrected chi connectivity index (χ3v) is 9.43. The van der Waals surface area contributed by atoms with E-state index in [1.54, 1.807) is 41.4 Å². The van der Waals surface area contributed by atoms with Crippen LogP contribution in [0.15, 0.2) is 77.8 Å². The first-order valence-electron chi connectivity index (χ1n) is 12.1. The molecule has 1 amide bonds. The maximum atomic E-state index is 14.0. The van der Waals surface area contributed by atoms with Gasteiger partial charge >= 0.3 is 0 Å². The monoisotopic (exact) mass is 520 g/mol. The minimum Gasteiger partial charge on any atom is -0.282 e. The Morgan fingerprint density at radius 1 is 1.11 bits per heavy atom. The molecule has 1 saturated heterocycles. The summed E-state index contributed by atoms with van der Waals surface area (Å²) >= 11 is 1.48. The first kappa shape index (κ1) is 24.5. The van der Waals surface area contributed by atoms with Gasteiger partial charge in [-0.15, -0.1) is 0 Å². The van der Waals surface area contributed by atoms with Gasteiger partial charge in [-0.3, -0.25) is 14.7 Å². The molecule has 1 atom stereocenters. The first-order chi connectivity index (χ1) is 17.5. The molecule has 1 aliphatic rings. The van der Waals surface area contributed by atoms with Gasteiger partial charge in [0.1, 0.15) is 0 Å². The molecule has 0 N–H and O–H groups in total. The average Bonchev–Trinajstić information content (AvgIpc) is 3.35. The summed E-state index contributed by atoms with van der Waals surface area (Å²) in [7, 11) is -3.67. The number of hydrogen-bond acceptors (Lipinski definition) is 6. The molecule has 2 aromatic heterocycles. The summed E-state index contributed by atoms with van der Waals surface area (Å²) < 4.78 is 29.0. The Bertz CT molecular complexity index is 1460. The second-order valence-corrected chi connectivity index (χ2v) is 11.9. The van der Waals surface area contributed by atoms with Crippen molar-refractivity contribution in [1.29, 1.82) is 0 Å². The van der Waals surface area contributed by atoms with E-state index in [0.717, 1.165) is 22.3 Å². The normalized spacial score (nSPS) is 16.8. The van der Waals surface area contributed by atoms with Crippen molar-refractivity contribution in [2.45, 2.75) is 37.6 Å². The number of anilines is 1. The molecule has 1 unspecified atom stereocenters. The minimum absolute atomic E-state index is 0.122. The molecule has 0 aliphatic carbocycles. The molecule has 3 heterocycles. The molecule has 9 heteroatoms. The van der Waals surface area contributed by atoms with E-state index in [9.17, 15) is 13.2 Å². The number of thiazole rings is 1. The number of aromatic nitrogens is 2. The Kier molecular flexibility index (Phi) is 7.13. The Balaban J connectivity index is 1.45. The highest BCUT2D eigenvalue weighted by atomic mass is 32.2. The summed E-state index contributed by atoms with van der Waals surface area (Å²) in [5.41, 5.74) is 2.82. The number of pyridine rings is 1. The van der Waals surface area contributed by atoms with Crippen LogP contribution in [0.25, 0.3) is 10.2 Å².